The van der Waals surface area contributed by atoms with Crippen LogP contribution in [0.5, 0.6) is 5.75 Å². The maximum atomic E-state index is 9.27. The van der Waals surface area contributed by atoms with Crippen LogP contribution in [-0.4, -0.2) is 9.92 Å². The van der Waals surface area contributed by atoms with Gasteiger partial charge in [-0.05, 0) is 23.3 Å². The Morgan fingerprint density at radius 2 is 1.57 bits per heavy atom. The van der Waals surface area contributed by atoms with Gasteiger partial charge in [-0.25, -0.2) is 11.6 Å². The van der Waals surface area contributed by atoms with E-state index >= 15 is 0 Å². The van der Waals surface area contributed by atoms with Crippen molar-refractivity contribution in [1.82, 2.24) is 0 Å². The summed E-state index contributed by atoms with van der Waals surface area (Å²) in [5.74, 6) is 0.307. The molecule has 121 valence electrons. The van der Waals surface area contributed by atoms with Gasteiger partial charge in [0, 0.05) is 0 Å². The summed E-state index contributed by atoms with van der Waals surface area (Å²) in [6, 6.07) is 17.3. The number of hydrogen-bond acceptors (Lipinski definition) is 1. The SMILES string of the molecule is CC1=[C-]CC=C1.Oc1cccc(-c2ccccc2)c1.[CH2]=[Ti+].[Cl-].[Cl-]. The van der Waals surface area contributed by atoms with Crippen molar-refractivity contribution in [3.8, 4) is 16.9 Å². The molecule has 2 aromatic carbocycles. The van der Waals surface area contributed by atoms with Crippen molar-refractivity contribution < 1.29 is 49.9 Å². The first kappa shape index (κ1) is 24.1. The van der Waals surface area contributed by atoms with Crippen LogP contribution in [0.1, 0.15) is 13.3 Å². The molecule has 0 radical (unpaired) electrons. The normalized spacial score (nSPS) is 10.7. The summed E-state index contributed by atoms with van der Waals surface area (Å²) in [6.45, 7) is 2.06. The first-order valence-corrected chi connectivity index (χ1v) is 7.80. The molecule has 0 bridgehead atoms. The molecule has 1 nitrogen and oxygen atoms in total. The molecule has 0 saturated heterocycles. The molecule has 23 heavy (non-hydrogen) atoms. The summed E-state index contributed by atoms with van der Waals surface area (Å²) in [6.07, 6.45) is 8.33. The van der Waals surface area contributed by atoms with Gasteiger partial charge in [-0.2, -0.15) is 6.08 Å². The summed E-state index contributed by atoms with van der Waals surface area (Å²) >= 11 is 1.75. The van der Waals surface area contributed by atoms with Crippen molar-refractivity contribution in [2.75, 3.05) is 0 Å². The van der Waals surface area contributed by atoms with Crippen LogP contribution in [0.15, 0.2) is 72.3 Å². The second-order valence-electron chi connectivity index (χ2n) is 4.38. The summed E-state index contributed by atoms with van der Waals surface area (Å²) in [7, 11) is 0. The number of hydrogen-bond donors (Lipinski definition) is 1. The molecule has 0 amide bonds. The molecule has 2 aromatic rings. The smallest absolute Gasteiger partial charge is 1.00 e. The number of allylic oxidation sites excluding steroid dienone is 4. The molecule has 0 aliphatic heterocycles. The molecular formula is C19H19Cl2OTi-2. The Hall–Kier alpha value is -1.12. The Bertz CT molecular complexity index is 607. The van der Waals surface area contributed by atoms with Crippen LogP contribution in [0.4, 0.5) is 0 Å². The number of phenols is 1. The Kier molecular flexibility index (Phi) is 15.2. The maximum absolute atomic E-state index is 9.27. The standard InChI is InChI=1S/C12H10O.C6H7.CH2.2ClH.Ti/c13-12-8-4-7-11(9-12)10-5-2-1-3-6-10;1-6-4-2-3-5-6;;;;/h1-9,13H;2,4H,3H2,1H3;1H2;2*1H;/q;-1;;;;+1/p-2. The van der Waals surface area contributed by atoms with Gasteiger partial charge in [-0.3, -0.25) is 6.08 Å². The van der Waals surface area contributed by atoms with Gasteiger partial charge >= 0.3 is 24.8 Å². The van der Waals surface area contributed by atoms with Gasteiger partial charge in [0.05, 0.1) is 0 Å². The Morgan fingerprint density at radius 1 is 0.957 bits per heavy atom. The predicted molar refractivity (Wildman–Crippen MR) is 86.9 cm³/mol. The quantitative estimate of drug-likeness (QED) is 0.482. The molecule has 0 saturated carbocycles. The van der Waals surface area contributed by atoms with Gasteiger partial charge in [0.15, 0.2) is 0 Å². The molecule has 1 aliphatic rings. The summed E-state index contributed by atoms with van der Waals surface area (Å²) in [4.78, 5) is 3.25. The fourth-order valence-corrected chi connectivity index (χ4v) is 1.83. The molecule has 0 atom stereocenters. The zero-order chi connectivity index (χ0) is 15.5. The molecule has 3 rings (SSSR count). The number of rotatable bonds is 1. The second-order valence-corrected chi connectivity index (χ2v) is 4.38. The summed E-state index contributed by atoms with van der Waals surface area (Å²) < 4.78 is 0. The minimum atomic E-state index is 0. The Balaban J connectivity index is 0. The van der Waals surface area contributed by atoms with Gasteiger partial charge in [0.25, 0.3) is 0 Å². The van der Waals surface area contributed by atoms with Crippen LogP contribution in [0.2, 0.25) is 0 Å². The molecule has 0 unspecified atom stereocenters. The third-order valence-corrected chi connectivity index (χ3v) is 2.82. The van der Waals surface area contributed by atoms with E-state index in [0.717, 1.165) is 17.5 Å². The van der Waals surface area contributed by atoms with Gasteiger partial charge in [-0.1, -0.05) is 49.4 Å². The van der Waals surface area contributed by atoms with Gasteiger partial charge in [-0.15, -0.1) is 6.42 Å². The molecule has 0 aromatic heterocycles. The van der Waals surface area contributed by atoms with Gasteiger partial charge in [0.2, 0.25) is 0 Å². The molecule has 1 N–H and O–H groups in total. The van der Waals surface area contributed by atoms with E-state index < -0.39 is 0 Å². The van der Waals surface area contributed by atoms with Crippen molar-refractivity contribution in [3.63, 3.8) is 0 Å². The first-order valence-electron chi connectivity index (χ1n) is 6.69. The largest absolute Gasteiger partial charge is 1.00 e. The van der Waals surface area contributed by atoms with Crippen LogP contribution < -0.4 is 24.8 Å². The summed E-state index contributed by atoms with van der Waals surface area (Å²) in [5.41, 5.74) is 3.44. The molecule has 1 aliphatic carbocycles. The minimum absolute atomic E-state index is 0. The number of halogens is 2. The van der Waals surface area contributed by atoms with E-state index in [4.69, 9.17) is 0 Å². The van der Waals surface area contributed by atoms with Crippen molar-refractivity contribution in [2.45, 2.75) is 13.3 Å². The van der Waals surface area contributed by atoms with E-state index in [1.807, 2.05) is 42.5 Å². The van der Waals surface area contributed by atoms with Gasteiger partial charge in [0.1, 0.15) is 5.75 Å². The van der Waals surface area contributed by atoms with Crippen LogP contribution in [-0.2, 0) is 20.0 Å². The van der Waals surface area contributed by atoms with Crippen molar-refractivity contribution in [1.29, 1.82) is 0 Å². The van der Waals surface area contributed by atoms with E-state index in [-0.39, 0.29) is 24.8 Å². The molecule has 0 fully saturated rings. The number of aromatic hydroxyl groups is 1. The molecule has 0 heterocycles. The monoisotopic (exact) mass is 381 g/mol. The van der Waals surface area contributed by atoms with E-state index in [1.165, 1.54) is 5.57 Å². The molecule has 0 spiro atoms. The van der Waals surface area contributed by atoms with Crippen molar-refractivity contribution in [3.05, 3.63) is 78.4 Å². The third kappa shape index (κ3) is 9.58. The average Bonchev–Trinajstić information content (AvgIpc) is 3.02. The van der Waals surface area contributed by atoms with Crippen LogP contribution >= 0.6 is 0 Å². The van der Waals surface area contributed by atoms with E-state index in [9.17, 15) is 5.11 Å². The minimum Gasteiger partial charge on any atom is -1.00 e. The summed E-state index contributed by atoms with van der Waals surface area (Å²) in [5, 5.41) is 9.27. The van der Waals surface area contributed by atoms with E-state index in [0.29, 0.717) is 5.75 Å². The number of phenolic OH excluding ortho intramolecular Hbond substituents is 1. The Labute approximate surface area is 162 Å². The van der Waals surface area contributed by atoms with Crippen molar-refractivity contribution in [2.24, 2.45) is 0 Å². The molecule has 4 heteroatoms. The third-order valence-electron chi connectivity index (χ3n) is 2.82. The molecular weight excluding hydrogens is 363 g/mol. The first-order chi connectivity index (χ1) is 10.3. The number of benzene rings is 2. The maximum Gasteiger partial charge on any atom is -1.00 e. The van der Waals surface area contributed by atoms with Crippen molar-refractivity contribution >= 4 is 4.82 Å². The predicted octanol–water partition coefficient (Wildman–Crippen LogP) is -1.27. The van der Waals surface area contributed by atoms with Crippen LogP contribution in [0.25, 0.3) is 11.1 Å². The van der Waals surface area contributed by atoms with E-state index in [2.05, 4.69) is 30.0 Å². The van der Waals surface area contributed by atoms with Gasteiger partial charge < -0.3 is 29.9 Å². The van der Waals surface area contributed by atoms with E-state index in [1.54, 1.807) is 32.1 Å². The van der Waals surface area contributed by atoms with Crippen LogP contribution in [0, 0.1) is 6.08 Å². The topological polar surface area (TPSA) is 20.2 Å². The zero-order valence-corrected chi connectivity index (χ0v) is 16.0. The average molecular weight is 382 g/mol. The zero-order valence-electron chi connectivity index (χ0n) is 13.0. The fourth-order valence-electron chi connectivity index (χ4n) is 1.83. The Morgan fingerprint density at radius 3 is 2.00 bits per heavy atom. The van der Waals surface area contributed by atoms with Crippen LogP contribution in [0.3, 0.4) is 0 Å². The fraction of sp³-hybridized carbons (Fsp3) is 0.105. The second kappa shape index (κ2) is 14.5.